The lowest BCUT2D eigenvalue weighted by molar-refractivity contribution is -0.151. The Morgan fingerprint density at radius 1 is 0.463 bits per heavy atom. The van der Waals surface area contributed by atoms with Gasteiger partial charge in [-0.1, -0.05) is 233 Å². The highest BCUT2D eigenvalue weighted by Gasteiger charge is 2.24. The first-order chi connectivity index (χ1) is 26.5. The molecule has 54 heavy (non-hydrogen) atoms. The summed E-state index contributed by atoms with van der Waals surface area (Å²) in [5.41, 5.74) is 0. The van der Waals surface area contributed by atoms with E-state index in [1.807, 2.05) is 0 Å². The van der Waals surface area contributed by atoms with Crippen LogP contribution in [-0.2, 0) is 14.3 Å². The van der Waals surface area contributed by atoms with Crippen molar-refractivity contribution in [3.8, 4) is 0 Å². The number of unbranched alkanes of at least 4 members (excludes halogenated alkanes) is 32. The molecule has 322 valence electrons. The SMILES string of the molecule is CCCCCCCCCCCCCCCC(=O)OC(CCCCCCCCCCCCCCC)CC(=O)NC(CO)C(O)CCCCCCCCCCC. The number of hydrogen-bond acceptors (Lipinski definition) is 5. The first kappa shape index (κ1) is 52.9. The third kappa shape index (κ3) is 37.8. The monoisotopic (exact) mass is 766 g/mol. The lowest BCUT2D eigenvalue weighted by Crippen LogP contribution is -2.46. The molecular formula is C48H95NO5. The van der Waals surface area contributed by atoms with E-state index in [2.05, 4.69) is 26.1 Å². The van der Waals surface area contributed by atoms with Crippen LogP contribution < -0.4 is 5.32 Å². The summed E-state index contributed by atoms with van der Waals surface area (Å²) in [5.74, 6) is -0.455. The normalized spacial score (nSPS) is 13.2. The van der Waals surface area contributed by atoms with E-state index in [1.54, 1.807) is 0 Å². The summed E-state index contributed by atoms with van der Waals surface area (Å²) >= 11 is 0. The lowest BCUT2D eigenvalue weighted by Gasteiger charge is -2.24. The van der Waals surface area contributed by atoms with Crippen LogP contribution >= 0.6 is 0 Å². The summed E-state index contributed by atoms with van der Waals surface area (Å²) < 4.78 is 5.92. The Labute approximate surface area is 336 Å². The van der Waals surface area contributed by atoms with E-state index < -0.39 is 18.2 Å². The van der Waals surface area contributed by atoms with Gasteiger partial charge in [0.15, 0.2) is 0 Å². The van der Waals surface area contributed by atoms with Gasteiger partial charge in [0, 0.05) is 6.42 Å². The quantitative estimate of drug-likeness (QED) is 0.0424. The average molecular weight is 766 g/mol. The van der Waals surface area contributed by atoms with Crippen LogP contribution in [0.1, 0.15) is 271 Å². The minimum Gasteiger partial charge on any atom is -0.462 e. The topological polar surface area (TPSA) is 95.9 Å². The van der Waals surface area contributed by atoms with E-state index in [0.717, 1.165) is 38.5 Å². The van der Waals surface area contributed by atoms with Crippen molar-refractivity contribution < 1.29 is 24.5 Å². The maximum atomic E-state index is 13.1. The zero-order valence-electron chi connectivity index (χ0n) is 36.6. The molecule has 1 amide bonds. The van der Waals surface area contributed by atoms with Crippen LogP contribution in [0.2, 0.25) is 0 Å². The van der Waals surface area contributed by atoms with Crippen LogP contribution in [0.4, 0.5) is 0 Å². The number of nitrogens with one attached hydrogen (secondary N) is 1. The maximum absolute atomic E-state index is 13.1. The molecule has 3 atom stereocenters. The zero-order chi connectivity index (χ0) is 39.6. The molecule has 0 aromatic carbocycles. The van der Waals surface area contributed by atoms with Gasteiger partial charge in [0.1, 0.15) is 6.10 Å². The van der Waals surface area contributed by atoms with Crippen LogP contribution in [0, 0.1) is 0 Å². The van der Waals surface area contributed by atoms with Crippen molar-refractivity contribution >= 4 is 11.9 Å². The van der Waals surface area contributed by atoms with Crippen molar-refractivity contribution in [2.45, 2.75) is 289 Å². The molecular weight excluding hydrogens is 671 g/mol. The van der Waals surface area contributed by atoms with Crippen molar-refractivity contribution in [3.05, 3.63) is 0 Å². The highest BCUT2D eigenvalue weighted by atomic mass is 16.5. The van der Waals surface area contributed by atoms with Gasteiger partial charge in [-0.2, -0.15) is 0 Å². The van der Waals surface area contributed by atoms with E-state index in [1.165, 1.54) is 186 Å². The maximum Gasteiger partial charge on any atom is 0.306 e. The van der Waals surface area contributed by atoms with Gasteiger partial charge >= 0.3 is 5.97 Å². The summed E-state index contributed by atoms with van der Waals surface area (Å²) in [5, 5.41) is 23.6. The summed E-state index contributed by atoms with van der Waals surface area (Å²) in [6, 6.07) is -0.690. The molecule has 0 aromatic rings. The van der Waals surface area contributed by atoms with Gasteiger partial charge in [0.2, 0.25) is 5.91 Å². The third-order valence-corrected chi connectivity index (χ3v) is 11.4. The Hall–Kier alpha value is -1.14. The van der Waals surface area contributed by atoms with E-state index in [0.29, 0.717) is 19.3 Å². The van der Waals surface area contributed by atoms with Gasteiger partial charge in [0.25, 0.3) is 0 Å². The van der Waals surface area contributed by atoms with Crippen molar-refractivity contribution in [1.29, 1.82) is 0 Å². The van der Waals surface area contributed by atoms with Crippen molar-refractivity contribution in [2.24, 2.45) is 0 Å². The molecule has 6 heteroatoms. The molecule has 6 nitrogen and oxygen atoms in total. The van der Waals surface area contributed by atoms with E-state index in [4.69, 9.17) is 4.74 Å². The molecule has 0 aliphatic carbocycles. The molecule has 0 spiro atoms. The highest BCUT2D eigenvalue weighted by Crippen LogP contribution is 2.18. The molecule has 0 saturated carbocycles. The van der Waals surface area contributed by atoms with E-state index in [9.17, 15) is 19.8 Å². The second-order valence-electron chi connectivity index (χ2n) is 16.9. The summed E-state index contributed by atoms with van der Waals surface area (Å²) in [7, 11) is 0. The predicted octanol–water partition coefficient (Wildman–Crippen LogP) is 14.0. The van der Waals surface area contributed by atoms with Crippen LogP contribution in [0.5, 0.6) is 0 Å². The van der Waals surface area contributed by atoms with Gasteiger partial charge in [-0.15, -0.1) is 0 Å². The van der Waals surface area contributed by atoms with Crippen molar-refractivity contribution in [2.75, 3.05) is 6.61 Å². The van der Waals surface area contributed by atoms with Gasteiger partial charge in [-0.05, 0) is 25.7 Å². The molecule has 0 fully saturated rings. The summed E-state index contributed by atoms with van der Waals surface area (Å²) in [6.07, 6.45) is 44.5. The van der Waals surface area contributed by atoms with Gasteiger partial charge in [-0.3, -0.25) is 9.59 Å². The first-order valence-corrected chi connectivity index (χ1v) is 24.3. The molecule has 0 saturated heterocycles. The number of amides is 1. The number of rotatable bonds is 44. The van der Waals surface area contributed by atoms with Gasteiger partial charge < -0.3 is 20.3 Å². The Kier molecular flexibility index (Phi) is 42.1. The van der Waals surface area contributed by atoms with E-state index >= 15 is 0 Å². The Bertz CT molecular complexity index is 776. The minimum absolute atomic E-state index is 0.0872. The minimum atomic E-state index is -0.777. The largest absolute Gasteiger partial charge is 0.462 e. The molecule has 3 unspecified atom stereocenters. The van der Waals surface area contributed by atoms with Crippen molar-refractivity contribution in [3.63, 3.8) is 0 Å². The number of esters is 1. The summed E-state index contributed by atoms with van der Waals surface area (Å²) in [6.45, 7) is 6.48. The molecule has 0 heterocycles. The Balaban J connectivity index is 4.53. The predicted molar refractivity (Wildman–Crippen MR) is 232 cm³/mol. The molecule has 3 N–H and O–H groups in total. The van der Waals surface area contributed by atoms with E-state index in [-0.39, 0.29) is 24.9 Å². The first-order valence-electron chi connectivity index (χ1n) is 24.3. The fourth-order valence-electron chi connectivity index (χ4n) is 7.73. The Morgan fingerprint density at radius 2 is 0.778 bits per heavy atom. The summed E-state index contributed by atoms with van der Waals surface area (Å²) in [4.78, 5) is 26.0. The second-order valence-corrected chi connectivity index (χ2v) is 16.9. The highest BCUT2D eigenvalue weighted by molar-refractivity contribution is 5.77. The third-order valence-electron chi connectivity index (χ3n) is 11.4. The molecule has 0 rings (SSSR count). The van der Waals surface area contributed by atoms with Gasteiger partial charge in [-0.25, -0.2) is 0 Å². The smallest absolute Gasteiger partial charge is 0.306 e. The number of ether oxygens (including phenoxy) is 1. The molecule has 0 radical (unpaired) electrons. The second kappa shape index (κ2) is 43.0. The molecule has 0 aliphatic rings. The average Bonchev–Trinajstić information content (AvgIpc) is 3.16. The fourth-order valence-corrected chi connectivity index (χ4v) is 7.73. The molecule has 0 bridgehead atoms. The number of hydrogen-bond donors (Lipinski definition) is 3. The van der Waals surface area contributed by atoms with Crippen LogP contribution in [0.15, 0.2) is 0 Å². The van der Waals surface area contributed by atoms with Crippen LogP contribution in [-0.4, -0.2) is 46.9 Å². The van der Waals surface area contributed by atoms with Crippen molar-refractivity contribution in [1.82, 2.24) is 5.32 Å². The lowest BCUT2D eigenvalue weighted by atomic mass is 10.0. The zero-order valence-corrected chi connectivity index (χ0v) is 36.6. The van der Waals surface area contributed by atoms with Gasteiger partial charge in [0.05, 0.1) is 25.2 Å². The molecule has 0 aliphatic heterocycles. The molecule has 0 aromatic heterocycles. The number of aliphatic hydroxyl groups excluding tert-OH is 2. The number of carbonyl (C=O) groups excluding carboxylic acids is 2. The van der Waals surface area contributed by atoms with Crippen LogP contribution in [0.25, 0.3) is 0 Å². The number of carbonyl (C=O) groups is 2. The standard InChI is InChI=1S/C48H95NO5/c1-4-7-10-13-16-19-21-23-25-28-30-33-36-39-44(54-48(53)41-38-35-32-29-26-24-22-20-17-14-11-8-5-2)42-47(52)49-45(43-50)46(51)40-37-34-31-27-18-15-12-9-6-3/h44-46,50-51H,4-43H2,1-3H3,(H,49,52). The number of aliphatic hydroxyl groups is 2. The van der Waals surface area contributed by atoms with Crippen LogP contribution in [0.3, 0.4) is 0 Å². The Morgan fingerprint density at radius 3 is 1.13 bits per heavy atom. The fraction of sp³-hybridized carbons (Fsp3) is 0.958.